The number of para-hydroxylation sites is 1. The maximum atomic E-state index is 13.4. The van der Waals surface area contributed by atoms with Crippen LogP contribution in [0.4, 0.5) is 42.5 Å². The van der Waals surface area contributed by atoms with Crippen molar-refractivity contribution in [1.29, 1.82) is 0 Å². The van der Waals surface area contributed by atoms with E-state index in [1.807, 2.05) is 59.7 Å². The van der Waals surface area contributed by atoms with Gasteiger partial charge >= 0.3 is 18.2 Å². The molecular formula is C49H69ClN14O8S. The van der Waals surface area contributed by atoms with Crippen molar-refractivity contribution in [2.75, 3.05) is 93.9 Å². The van der Waals surface area contributed by atoms with E-state index in [9.17, 15) is 28.8 Å². The number of anilines is 5. The number of hydrogen-bond acceptors (Lipinski definition) is 16. The molecule has 5 rings (SSSR count). The van der Waals surface area contributed by atoms with Crippen molar-refractivity contribution in [3.8, 4) is 0 Å². The summed E-state index contributed by atoms with van der Waals surface area (Å²) < 4.78 is 11.0. The summed E-state index contributed by atoms with van der Waals surface area (Å²) in [5.74, 6) is 0.812. The van der Waals surface area contributed by atoms with E-state index in [0.717, 1.165) is 24.5 Å². The van der Waals surface area contributed by atoms with Crippen LogP contribution in [0.2, 0.25) is 5.02 Å². The fraction of sp³-hybridized carbons (Fsp3) is 0.490. The lowest BCUT2D eigenvalue weighted by atomic mass is 10.0. The zero-order valence-corrected chi connectivity index (χ0v) is 44.3. The van der Waals surface area contributed by atoms with Gasteiger partial charge in [0.1, 0.15) is 41.6 Å². The highest BCUT2D eigenvalue weighted by Crippen LogP contribution is 2.29. The van der Waals surface area contributed by atoms with Gasteiger partial charge in [-0.3, -0.25) is 19.3 Å². The second-order valence-corrected chi connectivity index (χ2v) is 19.7. The minimum absolute atomic E-state index is 0.0288. The highest BCUT2D eigenvalue weighted by atomic mass is 35.5. The Morgan fingerprint density at radius 3 is 2.21 bits per heavy atom. The summed E-state index contributed by atoms with van der Waals surface area (Å²) in [6.07, 6.45) is 1.07. The maximum absolute atomic E-state index is 13.4. The number of halogens is 1. The molecule has 22 nitrogen and oxygen atoms in total. The number of likely N-dealkylation sites (N-methyl/N-ethyl adjacent to an activating group) is 2. The van der Waals surface area contributed by atoms with E-state index in [1.165, 1.54) is 27.3 Å². The van der Waals surface area contributed by atoms with Gasteiger partial charge in [-0.2, -0.15) is 0 Å². The fourth-order valence-corrected chi connectivity index (χ4v) is 8.48. The predicted molar refractivity (Wildman–Crippen MR) is 282 cm³/mol. The number of primary amides is 1. The van der Waals surface area contributed by atoms with Gasteiger partial charge in [-0.1, -0.05) is 74.9 Å². The minimum atomic E-state index is -0.882. The number of piperazine rings is 1. The van der Waals surface area contributed by atoms with Gasteiger partial charge in [-0.05, 0) is 61.9 Å². The van der Waals surface area contributed by atoms with Gasteiger partial charge in [0.25, 0.3) is 5.91 Å². The average molecular weight is 1050 g/mol. The van der Waals surface area contributed by atoms with Gasteiger partial charge in [0.15, 0.2) is 5.13 Å². The van der Waals surface area contributed by atoms with E-state index in [0.29, 0.717) is 69.7 Å². The number of aromatic nitrogens is 3. The van der Waals surface area contributed by atoms with Gasteiger partial charge in [0, 0.05) is 84.2 Å². The summed E-state index contributed by atoms with van der Waals surface area (Å²) >= 11 is 7.49. The van der Waals surface area contributed by atoms with E-state index in [-0.39, 0.29) is 63.0 Å². The zero-order chi connectivity index (χ0) is 53.2. The molecule has 0 bridgehead atoms. The number of urea groups is 1. The SMILES string of the molecule is Cc1nc(Nc2ncc(C(=O)Nc3c(C)cccc3Cl)s2)cc(N2CCN(CCOC(=O)N(C)CCN(C)C(=O)OCc3ccc(NC(=O)[C@H](CCCNC(N)=O)NC(=O)[C@@H](NC(C)C)C(C)C)cc3)CC2)n1. The molecule has 1 saturated heterocycles. The van der Waals surface area contributed by atoms with Crippen LogP contribution in [-0.2, 0) is 25.7 Å². The van der Waals surface area contributed by atoms with E-state index < -0.39 is 36.2 Å². The summed E-state index contributed by atoms with van der Waals surface area (Å²) in [5.41, 5.74) is 7.74. The number of aryl methyl sites for hydroxylation is 2. The van der Waals surface area contributed by atoms with E-state index in [1.54, 1.807) is 44.4 Å². The highest BCUT2D eigenvalue weighted by Gasteiger charge is 2.28. The first-order chi connectivity index (χ1) is 34.8. The summed E-state index contributed by atoms with van der Waals surface area (Å²) in [4.78, 5) is 97.5. The number of carbonyl (C=O) groups is 6. The molecule has 1 aliphatic rings. The van der Waals surface area contributed by atoms with Crippen LogP contribution in [-0.4, -0.2) is 157 Å². The van der Waals surface area contributed by atoms with Crippen molar-refractivity contribution < 1.29 is 38.2 Å². The number of nitrogens with two attached hydrogens (primary N) is 1. The Labute approximate surface area is 435 Å². The van der Waals surface area contributed by atoms with Crippen molar-refractivity contribution in [3.63, 3.8) is 0 Å². The molecule has 0 unspecified atom stereocenters. The maximum Gasteiger partial charge on any atom is 0.409 e. The van der Waals surface area contributed by atoms with Crippen molar-refractivity contribution >= 4 is 87.0 Å². The molecule has 24 heteroatoms. The molecule has 1 fully saturated rings. The Balaban J connectivity index is 0.986. The van der Waals surface area contributed by atoms with Crippen molar-refractivity contribution in [2.45, 2.75) is 79.1 Å². The number of rotatable bonds is 24. The molecule has 2 aromatic carbocycles. The molecule has 73 heavy (non-hydrogen) atoms. The van der Waals surface area contributed by atoms with Crippen LogP contribution >= 0.6 is 22.9 Å². The van der Waals surface area contributed by atoms with Gasteiger partial charge < -0.3 is 61.8 Å². The van der Waals surface area contributed by atoms with E-state index in [2.05, 4.69) is 56.7 Å². The summed E-state index contributed by atoms with van der Waals surface area (Å²) in [6, 6.07) is 12.0. The zero-order valence-electron chi connectivity index (χ0n) is 42.8. The number of benzene rings is 2. The molecule has 2 aromatic heterocycles. The smallest absolute Gasteiger partial charge is 0.409 e. The molecule has 396 valence electrons. The number of ether oxygens (including phenoxy) is 2. The molecule has 1 aliphatic heterocycles. The lowest BCUT2D eigenvalue weighted by molar-refractivity contribution is -0.129. The molecule has 0 aliphatic carbocycles. The van der Waals surface area contributed by atoms with Crippen molar-refractivity contribution in [1.82, 2.24) is 45.6 Å². The van der Waals surface area contributed by atoms with E-state index in [4.69, 9.17) is 26.8 Å². The largest absolute Gasteiger partial charge is 0.448 e. The van der Waals surface area contributed by atoms with Gasteiger partial charge in [-0.15, -0.1) is 0 Å². The summed E-state index contributed by atoms with van der Waals surface area (Å²) in [5, 5.41) is 18.5. The van der Waals surface area contributed by atoms with Crippen LogP contribution < -0.4 is 42.5 Å². The molecule has 4 aromatic rings. The minimum Gasteiger partial charge on any atom is -0.448 e. The molecule has 0 radical (unpaired) electrons. The predicted octanol–water partition coefficient (Wildman–Crippen LogP) is 5.55. The average Bonchev–Trinajstić information content (AvgIpc) is 3.82. The third kappa shape index (κ3) is 18.3. The third-order valence-electron chi connectivity index (χ3n) is 11.6. The lowest BCUT2D eigenvalue weighted by Gasteiger charge is -2.35. The molecule has 8 N–H and O–H groups in total. The van der Waals surface area contributed by atoms with Crippen molar-refractivity contribution in [3.05, 3.63) is 81.6 Å². The monoisotopic (exact) mass is 1050 g/mol. The Bertz CT molecular complexity index is 2490. The first-order valence-corrected chi connectivity index (χ1v) is 25.3. The van der Waals surface area contributed by atoms with Gasteiger partial charge in [0.2, 0.25) is 11.8 Å². The summed E-state index contributed by atoms with van der Waals surface area (Å²) in [7, 11) is 3.18. The van der Waals surface area contributed by atoms with Crippen LogP contribution in [0.15, 0.2) is 54.7 Å². The summed E-state index contributed by atoms with van der Waals surface area (Å²) in [6.45, 7) is 15.6. The second-order valence-electron chi connectivity index (χ2n) is 18.3. The van der Waals surface area contributed by atoms with Crippen LogP contribution in [0, 0.1) is 19.8 Å². The van der Waals surface area contributed by atoms with Gasteiger partial charge in [-0.25, -0.2) is 29.3 Å². The number of nitrogens with one attached hydrogen (secondary N) is 6. The normalized spacial score (nSPS) is 13.4. The molecule has 3 heterocycles. The Morgan fingerprint density at radius 2 is 1.56 bits per heavy atom. The first kappa shape index (κ1) is 57.1. The lowest BCUT2D eigenvalue weighted by Crippen LogP contribution is -2.54. The number of amides is 7. The topological polar surface area (TPSA) is 271 Å². The van der Waals surface area contributed by atoms with E-state index >= 15 is 0 Å². The van der Waals surface area contributed by atoms with Crippen LogP contribution in [0.3, 0.4) is 0 Å². The highest BCUT2D eigenvalue weighted by molar-refractivity contribution is 7.17. The molecule has 0 saturated carbocycles. The number of nitrogens with zero attached hydrogens (tertiary/aromatic N) is 7. The number of thiazole rings is 1. The van der Waals surface area contributed by atoms with Crippen LogP contribution in [0.5, 0.6) is 0 Å². The van der Waals surface area contributed by atoms with Crippen LogP contribution in [0.1, 0.15) is 67.2 Å². The third-order valence-corrected chi connectivity index (χ3v) is 12.8. The molecule has 2 atom stereocenters. The second kappa shape index (κ2) is 27.9. The van der Waals surface area contributed by atoms with Gasteiger partial charge in [0.05, 0.1) is 22.9 Å². The Hall–Kier alpha value is -6.82. The van der Waals surface area contributed by atoms with Crippen molar-refractivity contribution in [2.24, 2.45) is 11.7 Å². The quantitative estimate of drug-likeness (QED) is 0.0424. The molecule has 7 amide bonds. The first-order valence-electron chi connectivity index (χ1n) is 24.1. The van der Waals surface area contributed by atoms with Crippen LogP contribution in [0.25, 0.3) is 0 Å². The Morgan fingerprint density at radius 1 is 0.877 bits per heavy atom. The molecule has 0 spiro atoms. The fourth-order valence-electron chi connectivity index (χ4n) is 7.49. The standard InChI is InChI=1S/C49H69ClN14O8S/c1-30(2)41(54-31(3)4)45(67)58-37(13-10-18-52-46(51)68)43(65)57-35-16-14-34(15-17-35)29-72-49(70)62(8)20-19-61(7)48(69)71-26-25-63-21-23-64(24-22-63)40-27-39(55-33(6)56-40)59-47-53-28-38(73-47)44(66)60-42-32(5)11-9-12-36(42)50/h9,11-12,14-17,27-28,30-31,37,41,54H,10,13,18-26,29H2,1-8H3,(H,57,65)(H,58,67)(H,60,66)(H3,51,52,68)(H,53,55,56,59)/t37-,41-/m0/s1. The number of hydrogen-bond donors (Lipinski definition) is 7. The number of carbonyl (C=O) groups excluding carboxylic acids is 6. The molecular weight excluding hydrogens is 980 g/mol. The Kier molecular flexibility index (Phi) is 21.8.